The molecule has 1 unspecified atom stereocenters. The second-order valence-corrected chi connectivity index (χ2v) is 4.11. The predicted octanol–water partition coefficient (Wildman–Crippen LogP) is 2.33. The smallest absolute Gasteiger partial charge is 0.149 e. The van der Waals surface area contributed by atoms with Gasteiger partial charge in [0.1, 0.15) is 5.82 Å². The van der Waals surface area contributed by atoms with Gasteiger partial charge in [0.25, 0.3) is 0 Å². The summed E-state index contributed by atoms with van der Waals surface area (Å²) < 4.78 is 0. The summed E-state index contributed by atoms with van der Waals surface area (Å²) in [5.41, 5.74) is 1.12. The van der Waals surface area contributed by atoms with E-state index in [1.165, 1.54) is 0 Å². The van der Waals surface area contributed by atoms with Crippen molar-refractivity contribution >= 4 is 11.5 Å². The molecule has 3 heteroatoms. The van der Waals surface area contributed by atoms with Crippen molar-refractivity contribution in [3.63, 3.8) is 0 Å². The number of nitrogens with zero attached hydrogens (tertiary/aromatic N) is 1. The Morgan fingerprint density at radius 2 is 2.36 bits per heavy atom. The molecule has 1 aromatic heterocycles. The number of aromatic nitrogens is 1. The lowest BCUT2D eigenvalue weighted by Crippen LogP contribution is -2.26. The summed E-state index contributed by atoms with van der Waals surface area (Å²) in [6.45, 7) is 5.51. The lowest BCUT2D eigenvalue weighted by atomic mass is 10.0. The van der Waals surface area contributed by atoms with Crippen LogP contribution in [-0.4, -0.2) is 17.6 Å². The van der Waals surface area contributed by atoms with E-state index < -0.39 is 0 Å². The minimum atomic E-state index is 0.527. The Bertz CT molecular complexity index is 309. The Morgan fingerprint density at radius 1 is 1.50 bits per heavy atom. The summed E-state index contributed by atoms with van der Waals surface area (Å²) in [4.78, 5) is 4.34. The largest absolute Gasteiger partial charge is 0.382 e. The molecule has 1 aromatic rings. The van der Waals surface area contributed by atoms with Crippen LogP contribution in [0.2, 0.25) is 0 Å². The molecular weight excluding hydrogens is 174 g/mol. The molecule has 1 aliphatic rings. The van der Waals surface area contributed by atoms with Crippen molar-refractivity contribution in [2.75, 3.05) is 17.2 Å². The molecule has 1 aliphatic heterocycles. The van der Waals surface area contributed by atoms with Gasteiger partial charge >= 0.3 is 0 Å². The van der Waals surface area contributed by atoms with Gasteiger partial charge in [-0.2, -0.15) is 0 Å². The van der Waals surface area contributed by atoms with Gasteiger partial charge in [-0.15, -0.1) is 0 Å². The van der Waals surface area contributed by atoms with E-state index in [9.17, 15) is 0 Å². The van der Waals surface area contributed by atoms with Gasteiger partial charge in [0.15, 0.2) is 0 Å². The zero-order valence-corrected chi connectivity index (χ0v) is 8.75. The summed E-state index contributed by atoms with van der Waals surface area (Å²) >= 11 is 0. The molecule has 0 radical (unpaired) electrons. The first-order chi connectivity index (χ1) is 6.77. The molecule has 0 spiro atoms. The lowest BCUT2D eigenvalue weighted by Gasteiger charge is -2.20. The Morgan fingerprint density at radius 3 is 3.14 bits per heavy atom. The maximum absolute atomic E-state index is 4.34. The van der Waals surface area contributed by atoms with Crippen molar-refractivity contribution in [2.24, 2.45) is 5.92 Å². The van der Waals surface area contributed by atoms with Crippen LogP contribution < -0.4 is 10.6 Å². The fourth-order valence-electron chi connectivity index (χ4n) is 1.77. The molecule has 2 rings (SSSR count). The zero-order valence-electron chi connectivity index (χ0n) is 8.75. The van der Waals surface area contributed by atoms with E-state index in [1.54, 1.807) is 0 Å². The van der Waals surface area contributed by atoms with E-state index in [2.05, 4.69) is 35.5 Å². The number of pyridine rings is 1. The summed E-state index contributed by atoms with van der Waals surface area (Å²) in [5, 5.41) is 6.87. The van der Waals surface area contributed by atoms with Crippen LogP contribution in [0.15, 0.2) is 18.3 Å². The Kier molecular flexibility index (Phi) is 2.57. The minimum Gasteiger partial charge on any atom is -0.382 e. The molecule has 0 aromatic carbocycles. The monoisotopic (exact) mass is 191 g/mol. The Hall–Kier alpha value is -1.25. The summed E-state index contributed by atoms with van der Waals surface area (Å²) in [6.07, 6.45) is 2.98. The fourth-order valence-corrected chi connectivity index (χ4v) is 1.77. The number of nitrogens with one attached hydrogen (secondary N) is 2. The van der Waals surface area contributed by atoms with Gasteiger partial charge in [0.05, 0.1) is 5.69 Å². The van der Waals surface area contributed by atoms with E-state index in [-0.39, 0.29) is 0 Å². The lowest BCUT2D eigenvalue weighted by molar-refractivity contribution is 0.506. The summed E-state index contributed by atoms with van der Waals surface area (Å²) in [5.74, 6) is 1.63. The second-order valence-electron chi connectivity index (χ2n) is 4.11. The highest BCUT2D eigenvalue weighted by molar-refractivity contribution is 5.65. The molecule has 0 saturated heterocycles. The first kappa shape index (κ1) is 9.31. The third-order valence-electron chi connectivity index (χ3n) is 2.71. The van der Waals surface area contributed by atoms with Crippen molar-refractivity contribution in [2.45, 2.75) is 26.3 Å². The van der Waals surface area contributed by atoms with E-state index >= 15 is 0 Å². The van der Waals surface area contributed by atoms with Crippen LogP contribution in [0, 0.1) is 5.92 Å². The third-order valence-corrected chi connectivity index (χ3v) is 2.71. The van der Waals surface area contributed by atoms with Gasteiger partial charge in [-0.1, -0.05) is 13.8 Å². The molecule has 3 nitrogen and oxygen atoms in total. The van der Waals surface area contributed by atoms with Crippen molar-refractivity contribution in [3.05, 3.63) is 18.3 Å². The van der Waals surface area contributed by atoms with Crippen LogP contribution in [0.3, 0.4) is 0 Å². The Labute approximate surface area is 84.9 Å². The molecule has 0 saturated carbocycles. The van der Waals surface area contributed by atoms with E-state index in [1.807, 2.05) is 12.3 Å². The first-order valence-electron chi connectivity index (χ1n) is 5.23. The molecule has 0 amide bonds. The maximum Gasteiger partial charge on any atom is 0.149 e. The molecule has 2 heterocycles. The number of rotatable bonds is 1. The SMILES string of the molecule is CC(C)C1CCNc2cccnc2N1. The van der Waals surface area contributed by atoms with Gasteiger partial charge in [-0.3, -0.25) is 0 Å². The van der Waals surface area contributed by atoms with Crippen LogP contribution in [-0.2, 0) is 0 Å². The van der Waals surface area contributed by atoms with Gasteiger partial charge in [0, 0.05) is 18.8 Å². The minimum absolute atomic E-state index is 0.527. The molecule has 1 atom stereocenters. The van der Waals surface area contributed by atoms with Crippen molar-refractivity contribution in [3.8, 4) is 0 Å². The molecule has 2 N–H and O–H groups in total. The van der Waals surface area contributed by atoms with Crippen LogP contribution in [0.1, 0.15) is 20.3 Å². The molecule has 0 fully saturated rings. The van der Waals surface area contributed by atoms with Crippen molar-refractivity contribution in [1.82, 2.24) is 4.98 Å². The van der Waals surface area contributed by atoms with E-state index in [0.717, 1.165) is 24.5 Å². The normalized spacial score (nSPS) is 20.6. The van der Waals surface area contributed by atoms with E-state index in [0.29, 0.717) is 12.0 Å². The third kappa shape index (κ3) is 1.81. The summed E-state index contributed by atoms with van der Waals surface area (Å²) in [7, 11) is 0. The number of fused-ring (bicyclic) bond motifs is 1. The molecule has 14 heavy (non-hydrogen) atoms. The number of hydrogen-bond donors (Lipinski definition) is 2. The highest BCUT2D eigenvalue weighted by Crippen LogP contribution is 2.24. The molecule has 0 bridgehead atoms. The maximum atomic E-state index is 4.34. The van der Waals surface area contributed by atoms with Gasteiger partial charge in [-0.25, -0.2) is 4.98 Å². The van der Waals surface area contributed by atoms with Crippen LogP contribution in [0.4, 0.5) is 11.5 Å². The van der Waals surface area contributed by atoms with E-state index in [4.69, 9.17) is 0 Å². The molecule has 76 valence electrons. The highest BCUT2D eigenvalue weighted by atomic mass is 15.1. The summed E-state index contributed by atoms with van der Waals surface area (Å²) in [6, 6.07) is 4.56. The number of hydrogen-bond acceptors (Lipinski definition) is 3. The predicted molar refractivity (Wildman–Crippen MR) is 59.6 cm³/mol. The average Bonchev–Trinajstić information content (AvgIpc) is 2.39. The standard InChI is InChI=1S/C11H17N3/c1-8(2)9-5-7-12-10-4-3-6-13-11(10)14-9/h3-4,6,8-9,12H,5,7H2,1-2H3,(H,13,14). The molecular formula is C11H17N3. The van der Waals surface area contributed by atoms with Crippen LogP contribution in [0.5, 0.6) is 0 Å². The number of anilines is 2. The van der Waals surface area contributed by atoms with Crippen molar-refractivity contribution < 1.29 is 0 Å². The van der Waals surface area contributed by atoms with Gasteiger partial charge in [0.2, 0.25) is 0 Å². The zero-order chi connectivity index (χ0) is 9.97. The highest BCUT2D eigenvalue weighted by Gasteiger charge is 2.18. The fraction of sp³-hybridized carbons (Fsp3) is 0.545. The molecule has 0 aliphatic carbocycles. The second kappa shape index (κ2) is 3.86. The van der Waals surface area contributed by atoms with Crippen LogP contribution in [0.25, 0.3) is 0 Å². The van der Waals surface area contributed by atoms with Gasteiger partial charge in [-0.05, 0) is 24.5 Å². The topological polar surface area (TPSA) is 37.0 Å². The van der Waals surface area contributed by atoms with Gasteiger partial charge < -0.3 is 10.6 Å². The quantitative estimate of drug-likeness (QED) is 0.715. The average molecular weight is 191 g/mol. The Balaban J connectivity index is 2.22. The van der Waals surface area contributed by atoms with Crippen molar-refractivity contribution in [1.29, 1.82) is 0 Å². The first-order valence-corrected chi connectivity index (χ1v) is 5.23. The van der Waals surface area contributed by atoms with Crippen LogP contribution >= 0.6 is 0 Å².